The molecule has 11 aromatic rings. The van der Waals surface area contributed by atoms with E-state index in [-0.39, 0.29) is 0 Å². The molecule has 258 valence electrons. The zero-order valence-electron chi connectivity index (χ0n) is 29.9. The first-order chi connectivity index (χ1) is 27.3. The number of rotatable bonds is 6. The molecule has 55 heavy (non-hydrogen) atoms. The average molecular weight is 703 g/mol. The number of hydrogen-bond donors (Lipinski definition) is 0. The summed E-state index contributed by atoms with van der Waals surface area (Å²) in [6.07, 6.45) is 0. The van der Waals surface area contributed by atoms with E-state index in [0.29, 0.717) is 0 Å². The molecule has 0 amide bonds. The minimum Gasteiger partial charge on any atom is -0.456 e. The molecule has 0 bridgehead atoms. The molecule has 0 unspecified atom stereocenters. The Hall–Kier alpha value is -7.36. The summed E-state index contributed by atoms with van der Waals surface area (Å²) in [7, 11) is 0. The fourth-order valence-electron chi connectivity index (χ4n) is 8.55. The molecule has 3 nitrogen and oxygen atoms in total. The average Bonchev–Trinajstić information content (AvgIpc) is 3.80. The van der Waals surface area contributed by atoms with Crippen molar-refractivity contribution in [2.45, 2.75) is 0 Å². The standard InChI is InChI=1S/C52H34N2O/c1-3-15-36(16-4-1)41-22-9-11-26-47(41)53(38-30-32-51-46(33-38)43-23-10-12-28-50(43)55-51)39-29-31-45-49(34-39)54(37-19-5-2-6-20-37)48-27-14-25-44(52(45)48)42-24-13-18-35-17-7-8-21-40(35)42/h1-34H. The van der Waals surface area contributed by atoms with Gasteiger partial charge in [0, 0.05) is 44.2 Å². The van der Waals surface area contributed by atoms with E-state index in [1.54, 1.807) is 0 Å². The van der Waals surface area contributed by atoms with Crippen molar-refractivity contribution in [3.63, 3.8) is 0 Å². The van der Waals surface area contributed by atoms with Gasteiger partial charge in [-0.25, -0.2) is 0 Å². The highest BCUT2D eigenvalue weighted by Crippen LogP contribution is 2.46. The van der Waals surface area contributed by atoms with Gasteiger partial charge in [0.25, 0.3) is 0 Å². The largest absolute Gasteiger partial charge is 0.456 e. The molecule has 11 rings (SSSR count). The molecule has 0 spiro atoms. The number of anilines is 3. The van der Waals surface area contributed by atoms with Crippen LogP contribution in [-0.2, 0) is 0 Å². The van der Waals surface area contributed by atoms with E-state index >= 15 is 0 Å². The van der Waals surface area contributed by atoms with Gasteiger partial charge in [-0.1, -0.05) is 146 Å². The molecule has 0 aliphatic heterocycles. The van der Waals surface area contributed by atoms with Crippen LogP contribution < -0.4 is 4.90 Å². The Morgan fingerprint density at radius 3 is 1.91 bits per heavy atom. The summed E-state index contributed by atoms with van der Waals surface area (Å²) in [5, 5.41) is 7.14. The molecule has 2 heterocycles. The van der Waals surface area contributed by atoms with E-state index in [1.807, 2.05) is 12.1 Å². The van der Waals surface area contributed by atoms with Crippen molar-refractivity contribution in [2.75, 3.05) is 4.90 Å². The Bertz CT molecular complexity index is 3200. The van der Waals surface area contributed by atoms with E-state index in [1.165, 1.54) is 38.2 Å². The lowest BCUT2D eigenvalue weighted by Gasteiger charge is -2.28. The molecule has 0 aliphatic rings. The Morgan fingerprint density at radius 2 is 1.02 bits per heavy atom. The van der Waals surface area contributed by atoms with Gasteiger partial charge in [0.2, 0.25) is 0 Å². The topological polar surface area (TPSA) is 21.3 Å². The summed E-state index contributed by atoms with van der Waals surface area (Å²) in [6.45, 7) is 0. The van der Waals surface area contributed by atoms with Gasteiger partial charge in [-0.05, 0) is 88.1 Å². The highest BCUT2D eigenvalue weighted by atomic mass is 16.3. The van der Waals surface area contributed by atoms with Gasteiger partial charge in [0.05, 0.1) is 16.7 Å². The molecule has 3 heteroatoms. The maximum atomic E-state index is 6.30. The number of fused-ring (bicyclic) bond motifs is 7. The van der Waals surface area contributed by atoms with Gasteiger partial charge in [0.1, 0.15) is 11.2 Å². The van der Waals surface area contributed by atoms with Crippen molar-refractivity contribution < 1.29 is 4.42 Å². The fourth-order valence-corrected chi connectivity index (χ4v) is 8.55. The number of aromatic nitrogens is 1. The third-order valence-corrected chi connectivity index (χ3v) is 11.0. The summed E-state index contributed by atoms with van der Waals surface area (Å²) < 4.78 is 8.73. The lowest BCUT2D eigenvalue weighted by Crippen LogP contribution is -2.11. The molecule has 9 aromatic carbocycles. The van der Waals surface area contributed by atoms with Gasteiger partial charge < -0.3 is 13.9 Å². The predicted molar refractivity (Wildman–Crippen MR) is 231 cm³/mol. The summed E-state index contributed by atoms with van der Waals surface area (Å²) >= 11 is 0. The minimum atomic E-state index is 0.877. The number of furan rings is 1. The smallest absolute Gasteiger partial charge is 0.135 e. The van der Waals surface area contributed by atoms with Crippen molar-refractivity contribution in [2.24, 2.45) is 0 Å². The summed E-state index contributed by atoms with van der Waals surface area (Å²) in [5.74, 6) is 0. The van der Waals surface area contributed by atoms with Crippen molar-refractivity contribution >= 4 is 71.6 Å². The Morgan fingerprint density at radius 1 is 0.382 bits per heavy atom. The Balaban J connectivity index is 1.21. The van der Waals surface area contributed by atoms with Crippen LogP contribution in [0.15, 0.2) is 211 Å². The van der Waals surface area contributed by atoms with Crippen molar-refractivity contribution in [3.8, 4) is 27.9 Å². The second kappa shape index (κ2) is 12.6. The minimum absolute atomic E-state index is 0.877. The molecule has 2 aromatic heterocycles. The molecule has 0 saturated heterocycles. The van der Waals surface area contributed by atoms with Crippen LogP contribution in [-0.4, -0.2) is 4.57 Å². The lowest BCUT2D eigenvalue weighted by atomic mass is 9.94. The van der Waals surface area contributed by atoms with Crippen LogP contribution in [0.2, 0.25) is 0 Å². The van der Waals surface area contributed by atoms with E-state index in [2.05, 4.69) is 204 Å². The molecular weight excluding hydrogens is 669 g/mol. The summed E-state index contributed by atoms with van der Waals surface area (Å²) in [4.78, 5) is 2.40. The molecule has 0 radical (unpaired) electrons. The third kappa shape index (κ3) is 5.05. The Labute approximate surface area is 318 Å². The van der Waals surface area contributed by atoms with Gasteiger partial charge in [-0.3, -0.25) is 0 Å². The maximum absolute atomic E-state index is 6.30. The summed E-state index contributed by atoms with van der Waals surface area (Å²) in [5.41, 5.74) is 13.2. The molecule has 0 atom stereocenters. The highest BCUT2D eigenvalue weighted by Gasteiger charge is 2.22. The number of para-hydroxylation sites is 3. The molecule has 0 fully saturated rings. The SMILES string of the molecule is c1ccc(-c2ccccc2N(c2ccc3oc4ccccc4c3c2)c2ccc3c4c(-c5cccc6ccccc56)cccc4n(-c4ccccc4)c3c2)cc1. The van der Waals surface area contributed by atoms with Gasteiger partial charge in [0.15, 0.2) is 0 Å². The normalized spacial score (nSPS) is 11.6. The zero-order valence-corrected chi connectivity index (χ0v) is 29.9. The quantitative estimate of drug-likeness (QED) is 0.172. The fraction of sp³-hybridized carbons (Fsp3) is 0. The van der Waals surface area contributed by atoms with Crippen LogP contribution in [0.3, 0.4) is 0 Å². The monoisotopic (exact) mass is 702 g/mol. The molecule has 0 saturated carbocycles. The zero-order chi connectivity index (χ0) is 36.3. The van der Waals surface area contributed by atoms with Crippen LogP contribution in [0, 0.1) is 0 Å². The van der Waals surface area contributed by atoms with E-state index in [9.17, 15) is 0 Å². The van der Waals surface area contributed by atoms with E-state index in [0.717, 1.165) is 61.3 Å². The maximum Gasteiger partial charge on any atom is 0.135 e. The molecular formula is C52H34N2O. The second-order valence-corrected chi connectivity index (χ2v) is 14.1. The van der Waals surface area contributed by atoms with Crippen LogP contribution in [0.4, 0.5) is 17.1 Å². The van der Waals surface area contributed by atoms with Crippen LogP contribution in [0.5, 0.6) is 0 Å². The van der Waals surface area contributed by atoms with Crippen LogP contribution in [0.1, 0.15) is 0 Å². The van der Waals surface area contributed by atoms with E-state index in [4.69, 9.17) is 4.42 Å². The number of hydrogen-bond acceptors (Lipinski definition) is 2. The van der Waals surface area contributed by atoms with Gasteiger partial charge in [-0.15, -0.1) is 0 Å². The van der Waals surface area contributed by atoms with Crippen molar-refractivity contribution in [3.05, 3.63) is 206 Å². The highest BCUT2D eigenvalue weighted by molar-refractivity contribution is 6.18. The van der Waals surface area contributed by atoms with Crippen LogP contribution >= 0.6 is 0 Å². The third-order valence-electron chi connectivity index (χ3n) is 11.0. The molecule has 0 N–H and O–H groups in total. The predicted octanol–water partition coefficient (Wildman–Crippen LogP) is 14.6. The second-order valence-electron chi connectivity index (χ2n) is 14.1. The first-order valence-corrected chi connectivity index (χ1v) is 18.8. The van der Waals surface area contributed by atoms with E-state index < -0.39 is 0 Å². The van der Waals surface area contributed by atoms with Crippen molar-refractivity contribution in [1.82, 2.24) is 4.57 Å². The van der Waals surface area contributed by atoms with Crippen LogP contribution in [0.25, 0.3) is 82.5 Å². The number of benzene rings is 9. The Kier molecular flexibility index (Phi) is 7.17. The number of nitrogens with zero attached hydrogens (tertiary/aromatic N) is 2. The lowest BCUT2D eigenvalue weighted by molar-refractivity contribution is 0.669. The first kappa shape index (κ1) is 31.2. The van der Waals surface area contributed by atoms with Gasteiger partial charge >= 0.3 is 0 Å². The van der Waals surface area contributed by atoms with Gasteiger partial charge in [-0.2, -0.15) is 0 Å². The summed E-state index contributed by atoms with van der Waals surface area (Å²) in [6, 6.07) is 74.0. The first-order valence-electron chi connectivity index (χ1n) is 18.8. The van der Waals surface area contributed by atoms with Crippen molar-refractivity contribution in [1.29, 1.82) is 0 Å². The molecule has 0 aliphatic carbocycles.